The van der Waals surface area contributed by atoms with Gasteiger partial charge in [0.25, 0.3) is 0 Å². The molecule has 0 aliphatic heterocycles. The summed E-state index contributed by atoms with van der Waals surface area (Å²) in [4.78, 5) is 4.18. The van der Waals surface area contributed by atoms with Crippen LogP contribution >= 0.6 is 11.8 Å². The summed E-state index contributed by atoms with van der Waals surface area (Å²) in [5, 5.41) is 6.88. The summed E-state index contributed by atoms with van der Waals surface area (Å²) in [6, 6.07) is 0.536. The number of thioether (sulfide) groups is 1. The first-order valence-electron chi connectivity index (χ1n) is 4.51. The Morgan fingerprint density at radius 2 is 2.31 bits per heavy atom. The van der Waals surface area contributed by atoms with Gasteiger partial charge in [0.15, 0.2) is 5.82 Å². The quantitative estimate of drug-likeness (QED) is 0.764. The van der Waals surface area contributed by atoms with E-state index in [-0.39, 0.29) is 0 Å². The standard InChI is InChI=1S/C8H15N3OS/c1-3-5-9-8-10-7(11-12-8)6-13-4-2/h3-6H2,1-2H3,(H,9,10,11). The van der Waals surface area contributed by atoms with E-state index in [0.29, 0.717) is 6.01 Å². The monoisotopic (exact) mass is 201 g/mol. The van der Waals surface area contributed by atoms with Crippen LogP contribution in [-0.2, 0) is 5.75 Å². The molecular weight excluding hydrogens is 186 g/mol. The Balaban J connectivity index is 2.34. The molecule has 0 spiro atoms. The Hall–Kier alpha value is -0.710. The second-order valence-corrected chi connectivity index (χ2v) is 3.85. The van der Waals surface area contributed by atoms with E-state index in [0.717, 1.165) is 30.3 Å². The summed E-state index contributed by atoms with van der Waals surface area (Å²) in [5.41, 5.74) is 0. The fourth-order valence-corrected chi connectivity index (χ4v) is 1.31. The molecule has 0 saturated heterocycles. The molecule has 4 nitrogen and oxygen atoms in total. The molecule has 1 heterocycles. The van der Waals surface area contributed by atoms with Crippen LogP contribution in [0.4, 0.5) is 6.01 Å². The predicted molar refractivity (Wildman–Crippen MR) is 54.9 cm³/mol. The maximum absolute atomic E-state index is 4.98. The van der Waals surface area contributed by atoms with Crippen molar-refractivity contribution in [3.05, 3.63) is 5.82 Å². The highest BCUT2D eigenvalue weighted by atomic mass is 32.2. The average molecular weight is 201 g/mol. The third-order valence-electron chi connectivity index (χ3n) is 1.43. The van der Waals surface area contributed by atoms with Gasteiger partial charge in [-0.05, 0) is 12.2 Å². The topological polar surface area (TPSA) is 51.0 Å². The smallest absolute Gasteiger partial charge is 0.321 e. The number of hydrogen-bond donors (Lipinski definition) is 1. The van der Waals surface area contributed by atoms with Crippen LogP contribution in [0.3, 0.4) is 0 Å². The fraction of sp³-hybridized carbons (Fsp3) is 0.750. The van der Waals surface area contributed by atoms with E-state index >= 15 is 0 Å². The van der Waals surface area contributed by atoms with E-state index < -0.39 is 0 Å². The van der Waals surface area contributed by atoms with Crippen LogP contribution in [0, 0.1) is 0 Å². The Labute approximate surface area is 82.5 Å². The van der Waals surface area contributed by atoms with Crippen molar-refractivity contribution < 1.29 is 4.52 Å². The van der Waals surface area contributed by atoms with E-state index in [4.69, 9.17) is 4.52 Å². The maximum Gasteiger partial charge on any atom is 0.321 e. The lowest BCUT2D eigenvalue weighted by atomic mass is 10.5. The number of nitrogens with zero attached hydrogens (tertiary/aromatic N) is 2. The van der Waals surface area contributed by atoms with Crippen LogP contribution in [0.5, 0.6) is 0 Å². The lowest BCUT2D eigenvalue weighted by Gasteiger charge is -1.93. The molecule has 0 unspecified atom stereocenters. The lowest BCUT2D eigenvalue weighted by Crippen LogP contribution is -1.99. The maximum atomic E-state index is 4.98. The summed E-state index contributed by atoms with van der Waals surface area (Å²) in [7, 11) is 0. The molecule has 0 fully saturated rings. The molecule has 0 atom stereocenters. The van der Waals surface area contributed by atoms with Crippen molar-refractivity contribution in [2.45, 2.75) is 26.0 Å². The molecule has 5 heteroatoms. The molecule has 0 radical (unpaired) electrons. The van der Waals surface area contributed by atoms with E-state index in [1.165, 1.54) is 0 Å². The Kier molecular flexibility index (Phi) is 4.67. The molecule has 1 rings (SSSR count). The molecule has 13 heavy (non-hydrogen) atoms. The summed E-state index contributed by atoms with van der Waals surface area (Å²) in [6.45, 7) is 5.08. The molecule has 74 valence electrons. The minimum Gasteiger partial charge on any atom is -0.338 e. The molecule has 0 aliphatic rings. The summed E-state index contributed by atoms with van der Waals surface area (Å²) in [6.07, 6.45) is 1.06. The number of nitrogens with one attached hydrogen (secondary N) is 1. The summed E-state index contributed by atoms with van der Waals surface area (Å²) >= 11 is 1.79. The van der Waals surface area contributed by atoms with Crippen LogP contribution in [-0.4, -0.2) is 22.4 Å². The third-order valence-corrected chi connectivity index (χ3v) is 2.30. The molecule has 0 bridgehead atoms. The predicted octanol–water partition coefficient (Wildman–Crippen LogP) is 2.14. The molecule has 0 aliphatic carbocycles. The Morgan fingerprint density at radius 3 is 3.00 bits per heavy atom. The Bertz CT molecular complexity index is 217. The van der Waals surface area contributed by atoms with Gasteiger partial charge in [-0.2, -0.15) is 16.7 Å². The van der Waals surface area contributed by atoms with Gasteiger partial charge in [-0.3, -0.25) is 0 Å². The fourth-order valence-electron chi connectivity index (χ4n) is 0.810. The molecule has 0 amide bonds. The van der Waals surface area contributed by atoms with Gasteiger partial charge in [0.2, 0.25) is 0 Å². The van der Waals surface area contributed by atoms with Crippen LogP contribution in [0.2, 0.25) is 0 Å². The van der Waals surface area contributed by atoms with Crippen molar-refractivity contribution >= 4 is 17.8 Å². The zero-order valence-corrected chi connectivity index (χ0v) is 8.86. The van der Waals surface area contributed by atoms with E-state index in [2.05, 4.69) is 29.3 Å². The highest BCUT2D eigenvalue weighted by molar-refractivity contribution is 7.98. The highest BCUT2D eigenvalue weighted by Gasteiger charge is 2.03. The first-order chi connectivity index (χ1) is 6.36. The molecule has 1 aromatic rings. The van der Waals surface area contributed by atoms with E-state index in [9.17, 15) is 0 Å². The molecular formula is C8H15N3OS. The highest BCUT2D eigenvalue weighted by Crippen LogP contribution is 2.10. The van der Waals surface area contributed by atoms with Crippen molar-refractivity contribution in [2.75, 3.05) is 17.6 Å². The van der Waals surface area contributed by atoms with Crippen molar-refractivity contribution in [1.29, 1.82) is 0 Å². The van der Waals surface area contributed by atoms with Gasteiger partial charge in [0.05, 0.1) is 5.75 Å². The zero-order valence-electron chi connectivity index (χ0n) is 8.04. The molecule has 1 aromatic heterocycles. The minimum atomic E-state index is 0.536. The number of anilines is 1. The minimum absolute atomic E-state index is 0.536. The number of rotatable bonds is 6. The second kappa shape index (κ2) is 5.85. The molecule has 1 N–H and O–H groups in total. The lowest BCUT2D eigenvalue weighted by molar-refractivity contribution is 0.425. The van der Waals surface area contributed by atoms with Gasteiger partial charge >= 0.3 is 6.01 Å². The third kappa shape index (κ3) is 3.67. The average Bonchev–Trinajstić information content (AvgIpc) is 2.59. The van der Waals surface area contributed by atoms with Crippen LogP contribution in [0.25, 0.3) is 0 Å². The number of hydrogen-bond acceptors (Lipinski definition) is 5. The van der Waals surface area contributed by atoms with Gasteiger partial charge in [0.1, 0.15) is 0 Å². The molecule has 0 saturated carbocycles. The van der Waals surface area contributed by atoms with Crippen LogP contribution < -0.4 is 5.32 Å². The van der Waals surface area contributed by atoms with Crippen molar-refractivity contribution in [1.82, 2.24) is 10.1 Å². The normalized spacial score (nSPS) is 10.3. The van der Waals surface area contributed by atoms with Gasteiger partial charge < -0.3 is 9.84 Å². The van der Waals surface area contributed by atoms with Crippen LogP contribution in [0.1, 0.15) is 26.1 Å². The number of aromatic nitrogens is 2. The first kappa shape index (κ1) is 10.4. The molecule has 0 aromatic carbocycles. The van der Waals surface area contributed by atoms with Crippen molar-refractivity contribution in [3.63, 3.8) is 0 Å². The zero-order chi connectivity index (χ0) is 9.52. The summed E-state index contributed by atoms with van der Waals surface area (Å²) in [5.74, 6) is 2.67. The van der Waals surface area contributed by atoms with Gasteiger partial charge in [0, 0.05) is 6.54 Å². The second-order valence-electron chi connectivity index (χ2n) is 2.58. The van der Waals surface area contributed by atoms with Crippen molar-refractivity contribution in [2.24, 2.45) is 0 Å². The SMILES string of the molecule is CCCNc1nc(CSCC)no1. The summed E-state index contributed by atoms with van der Waals surface area (Å²) < 4.78 is 4.98. The first-order valence-corrected chi connectivity index (χ1v) is 5.66. The largest absolute Gasteiger partial charge is 0.338 e. The van der Waals surface area contributed by atoms with Crippen molar-refractivity contribution in [3.8, 4) is 0 Å². The van der Waals surface area contributed by atoms with Gasteiger partial charge in [-0.15, -0.1) is 0 Å². The van der Waals surface area contributed by atoms with E-state index in [1.807, 2.05) is 0 Å². The van der Waals surface area contributed by atoms with E-state index in [1.54, 1.807) is 11.8 Å². The van der Waals surface area contributed by atoms with Gasteiger partial charge in [-0.1, -0.05) is 19.0 Å². The Morgan fingerprint density at radius 1 is 1.46 bits per heavy atom. The van der Waals surface area contributed by atoms with Gasteiger partial charge in [-0.25, -0.2) is 0 Å². The van der Waals surface area contributed by atoms with Crippen LogP contribution in [0.15, 0.2) is 4.52 Å².